The predicted octanol–water partition coefficient (Wildman–Crippen LogP) is 1.64. The number of nitrogens with zero attached hydrogens (tertiary/aromatic N) is 1. The van der Waals surface area contributed by atoms with Crippen molar-refractivity contribution in [3.63, 3.8) is 0 Å². The first kappa shape index (κ1) is 26.2. The number of sulfonamides is 1. The van der Waals surface area contributed by atoms with Crippen LogP contribution in [0.25, 0.3) is 0 Å². The zero-order chi connectivity index (χ0) is 24.0. The summed E-state index contributed by atoms with van der Waals surface area (Å²) in [7, 11) is -6.45. The molecule has 0 heterocycles. The number of allylic oxidation sites excluding steroid dienone is 1. The van der Waals surface area contributed by atoms with Crippen LogP contribution in [0.1, 0.15) is 5.56 Å². The Bertz CT molecular complexity index is 1340. The van der Waals surface area contributed by atoms with Gasteiger partial charge in [-0.1, -0.05) is 72.3 Å². The lowest BCUT2D eigenvalue weighted by molar-refractivity contribution is -0.00000949. The van der Waals surface area contributed by atoms with E-state index >= 15 is 0 Å². The van der Waals surface area contributed by atoms with Gasteiger partial charge in [-0.05, 0) is 55.5 Å². The van der Waals surface area contributed by atoms with Gasteiger partial charge in [0.1, 0.15) is 35.1 Å². The maximum absolute atomic E-state index is 13.1. The lowest BCUT2D eigenvalue weighted by Gasteiger charge is -2.24. The van der Waals surface area contributed by atoms with Gasteiger partial charge in [0.05, 0.1) is 4.90 Å². The molecule has 35 heavy (non-hydrogen) atoms. The van der Waals surface area contributed by atoms with Gasteiger partial charge >= 0.3 is 0 Å². The fourth-order valence-corrected chi connectivity index (χ4v) is 8.73. The van der Waals surface area contributed by atoms with Crippen molar-refractivity contribution in [1.29, 1.82) is 5.26 Å². The van der Waals surface area contributed by atoms with Crippen molar-refractivity contribution in [2.24, 2.45) is 0 Å². The molecular formula is C28H24ClN2O2PS. The number of aryl methyl sites for hydroxylation is 1. The standard InChI is InChI=1S/C28H24N2O2PS.ClH/c1-23-17-19-28(20-18-23)34(31,32)30-24(21-29)22-33(25-11-5-2-6-12-25,26-13-7-3-8-14-26)27-15-9-4-10-16-27;/h2-20,22,30H,1H3;1H/q+1;/p-1. The third-order valence-corrected chi connectivity index (χ3v) is 10.9. The summed E-state index contributed by atoms with van der Waals surface area (Å²) in [5.41, 5.74) is 0.947. The van der Waals surface area contributed by atoms with Gasteiger partial charge in [0.2, 0.25) is 0 Å². The van der Waals surface area contributed by atoms with Gasteiger partial charge in [-0.15, -0.1) is 0 Å². The largest absolute Gasteiger partial charge is 1.00 e. The predicted molar refractivity (Wildman–Crippen MR) is 140 cm³/mol. The number of rotatable bonds is 7. The van der Waals surface area contributed by atoms with E-state index in [1.165, 1.54) is 0 Å². The SMILES string of the molecule is Cc1ccc(S(=O)(=O)NC(C#N)=C[P+](c2ccccc2)(c2ccccc2)c2ccccc2)cc1.[Cl-]. The Morgan fingerprint density at radius 2 is 1.14 bits per heavy atom. The number of nitrogens with one attached hydrogen (secondary N) is 1. The third-order valence-electron chi connectivity index (χ3n) is 5.51. The van der Waals surface area contributed by atoms with Gasteiger partial charge in [0.25, 0.3) is 10.0 Å². The van der Waals surface area contributed by atoms with Crippen LogP contribution >= 0.6 is 7.26 Å². The van der Waals surface area contributed by atoms with Crippen LogP contribution in [0.4, 0.5) is 0 Å². The Kier molecular flexibility index (Phi) is 8.48. The van der Waals surface area contributed by atoms with Crippen LogP contribution in [0.2, 0.25) is 0 Å². The summed E-state index contributed by atoms with van der Waals surface area (Å²) in [5.74, 6) is 1.82. The number of halogens is 1. The first-order chi connectivity index (χ1) is 16.5. The molecule has 4 nitrogen and oxygen atoms in total. The zero-order valence-corrected chi connectivity index (χ0v) is 21.5. The Morgan fingerprint density at radius 1 is 0.743 bits per heavy atom. The average Bonchev–Trinajstić information content (AvgIpc) is 2.88. The monoisotopic (exact) mass is 518 g/mol. The molecule has 0 aromatic heterocycles. The molecule has 0 atom stereocenters. The van der Waals surface area contributed by atoms with Crippen LogP contribution in [0.15, 0.2) is 132 Å². The first-order valence-electron chi connectivity index (χ1n) is 10.7. The van der Waals surface area contributed by atoms with Crippen LogP contribution in [0, 0.1) is 18.3 Å². The Labute approximate surface area is 213 Å². The Balaban J connectivity index is 0.00000342. The minimum atomic E-state index is -3.93. The highest BCUT2D eigenvalue weighted by Gasteiger charge is 2.44. The van der Waals surface area contributed by atoms with E-state index in [1.54, 1.807) is 24.3 Å². The number of hydrogen-bond donors (Lipinski definition) is 1. The van der Waals surface area contributed by atoms with Crippen molar-refractivity contribution in [2.45, 2.75) is 11.8 Å². The molecule has 4 rings (SSSR count). The van der Waals surface area contributed by atoms with Crippen molar-refractivity contribution in [3.05, 3.63) is 132 Å². The van der Waals surface area contributed by atoms with Crippen molar-refractivity contribution in [2.75, 3.05) is 0 Å². The number of hydrogen-bond acceptors (Lipinski definition) is 3. The minimum Gasteiger partial charge on any atom is -1.00 e. The second kappa shape index (κ2) is 11.3. The summed E-state index contributed by atoms with van der Waals surface area (Å²) in [6, 6.07) is 38.5. The Hall–Kier alpha value is -3.42. The average molecular weight is 519 g/mol. The molecule has 0 saturated heterocycles. The summed E-state index contributed by atoms with van der Waals surface area (Å²) < 4.78 is 28.8. The van der Waals surface area contributed by atoms with Crippen LogP contribution < -0.4 is 33.0 Å². The second-order valence-corrected chi connectivity index (χ2v) is 12.7. The van der Waals surface area contributed by atoms with Gasteiger partial charge < -0.3 is 12.4 Å². The van der Waals surface area contributed by atoms with Crippen LogP contribution in [0.3, 0.4) is 0 Å². The van der Waals surface area contributed by atoms with Crippen LogP contribution in [-0.2, 0) is 10.0 Å². The molecule has 0 aliphatic rings. The normalized spacial score (nSPS) is 11.7. The Morgan fingerprint density at radius 3 is 1.51 bits per heavy atom. The molecule has 0 unspecified atom stereocenters. The summed E-state index contributed by atoms with van der Waals surface area (Å²) >= 11 is 0. The molecular weight excluding hydrogens is 495 g/mol. The molecule has 0 spiro atoms. The van der Waals surface area contributed by atoms with Crippen molar-refractivity contribution >= 4 is 33.2 Å². The lowest BCUT2D eigenvalue weighted by Crippen LogP contribution is -3.00. The number of benzene rings is 4. The molecule has 0 fully saturated rings. The van der Waals surface area contributed by atoms with Crippen LogP contribution in [0.5, 0.6) is 0 Å². The van der Waals surface area contributed by atoms with E-state index in [0.29, 0.717) is 0 Å². The van der Waals surface area contributed by atoms with E-state index in [0.717, 1.165) is 21.5 Å². The smallest absolute Gasteiger partial charge is 0.262 e. The topological polar surface area (TPSA) is 70.0 Å². The van der Waals surface area contributed by atoms with Crippen LogP contribution in [-0.4, -0.2) is 8.42 Å². The highest BCUT2D eigenvalue weighted by atomic mass is 35.5. The van der Waals surface area contributed by atoms with E-state index in [2.05, 4.69) is 10.8 Å². The van der Waals surface area contributed by atoms with Gasteiger partial charge in [0, 0.05) is 0 Å². The molecule has 7 heteroatoms. The summed E-state index contributed by atoms with van der Waals surface area (Å²) in [6.07, 6.45) is 0. The molecule has 4 aromatic rings. The summed E-state index contributed by atoms with van der Waals surface area (Å²) in [5, 5.41) is 13.1. The van der Waals surface area contributed by atoms with E-state index in [9.17, 15) is 13.7 Å². The minimum absolute atomic E-state index is 0. The van der Waals surface area contributed by atoms with Crippen molar-refractivity contribution < 1.29 is 20.8 Å². The van der Waals surface area contributed by atoms with E-state index in [1.807, 2.05) is 104 Å². The van der Waals surface area contributed by atoms with Gasteiger partial charge in [0.15, 0.2) is 5.70 Å². The molecule has 0 radical (unpaired) electrons. The molecule has 0 aliphatic heterocycles. The van der Waals surface area contributed by atoms with Crippen molar-refractivity contribution in [3.8, 4) is 6.07 Å². The summed E-state index contributed by atoms with van der Waals surface area (Å²) in [4.78, 5) is 0.113. The second-order valence-electron chi connectivity index (χ2n) is 7.80. The third kappa shape index (κ3) is 5.63. The molecule has 0 amide bonds. The molecule has 0 bridgehead atoms. The first-order valence-corrected chi connectivity index (χ1v) is 14.1. The quantitative estimate of drug-likeness (QED) is 0.299. The van der Waals surface area contributed by atoms with Gasteiger partial charge in [-0.3, -0.25) is 4.72 Å². The zero-order valence-electron chi connectivity index (χ0n) is 19.0. The highest BCUT2D eigenvalue weighted by molar-refractivity contribution is 7.98. The summed E-state index contributed by atoms with van der Waals surface area (Å²) in [6.45, 7) is 1.89. The number of nitriles is 1. The van der Waals surface area contributed by atoms with Crippen molar-refractivity contribution in [1.82, 2.24) is 4.72 Å². The van der Waals surface area contributed by atoms with E-state index in [4.69, 9.17) is 0 Å². The molecule has 0 saturated carbocycles. The molecule has 176 valence electrons. The molecule has 1 N–H and O–H groups in total. The maximum atomic E-state index is 13.1. The van der Waals surface area contributed by atoms with Gasteiger partial charge in [-0.2, -0.15) is 5.26 Å². The molecule has 4 aromatic carbocycles. The molecule has 0 aliphatic carbocycles. The fraction of sp³-hybridized carbons (Fsp3) is 0.0357. The highest BCUT2D eigenvalue weighted by Crippen LogP contribution is 2.57. The van der Waals surface area contributed by atoms with E-state index < -0.39 is 17.3 Å². The lowest BCUT2D eigenvalue weighted by atomic mass is 10.2. The fourth-order valence-electron chi connectivity index (χ4n) is 3.85. The van der Waals surface area contributed by atoms with E-state index in [-0.39, 0.29) is 23.0 Å². The van der Waals surface area contributed by atoms with Gasteiger partial charge in [-0.25, -0.2) is 8.42 Å². The maximum Gasteiger partial charge on any atom is 0.262 e.